The Morgan fingerprint density at radius 3 is 2.27 bits per heavy atom. The van der Waals surface area contributed by atoms with Gasteiger partial charge >= 0.3 is 0 Å². The highest BCUT2D eigenvalue weighted by Gasteiger charge is 2.21. The van der Waals surface area contributed by atoms with Crippen LogP contribution in [-0.2, 0) is 10.0 Å². The van der Waals surface area contributed by atoms with Crippen LogP contribution < -0.4 is 14.8 Å². The Labute approximate surface area is 180 Å². The molecule has 2 N–H and O–H groups in total. The molecule has 0 aliphatic carbocycles. The van der Waals surface area contributed by atoms with Gasteiger partial charge in [0.15, 0.2) is 0 Å². The van der Waals surface area contributed by atoms with E-state index in [1.165, 1.54) is 25.3 Å². The highest BCUT2D eigenvalue weighted by atomic mass is 79.9. The Kier molecular flexibility index (Phi) is 6.37. The number of hydrogen-bond donors (Lipinski definition) is 2. The van der Waals surface area contributed by atoms with Gasteiger partial charge in [0.05, 0.1) is 12.7 Å². The Morgan fingerprint density at radius 2 is 1.63 bits per heavy atom. The number of ether oxygens (including phenoxy) is 1. The summed E-state index contributed by atoms with van der Waals surface area (Å²) in [5.41, 5.74) is 0.0217. The van der Waals surface area contributed by atoms with E-state index in [-0.39, 0.29) is 21.9 Å². The summed E-state index contributed by atoms with van der Waals surface area (Å²) in [6.07, 6.45) is 0. The van der Waals surface area contributed by atoms with Crippen molar-refractivity contribution in [3.8, 4) is 5.75 Å². The quantitative estimate of drug-likeness (QED) is 0.513. The number of rotatable bonds is 6. The maximum absolute atomic E-state index is 13.8. The molecule has 0 aromatic heterocycles. The van der Waals surface area contributed by atoms with Crippen molar-refractivity contribution in [3.05, 3.63) is 82.3 Å². The minimum atomic E-state index is -4.07. The number of methoxy groups -OCH3 is 1. The lowest BCUT2D eigenvalue weighted by Gasteiger charge is -2.14. The van der Waals surface area contributed by atoms with Gasteiger partial charge < -0.3 is 10.1 Å². The van der Waals surface area contributed by atoms with Crippen molar-refractivity contribution in [2.45, 2.75) is 4.90 Å². The molecule has 10 heteroatoms. The van der Waals surface area contributed by atoms with Crippen LogP contribution in [0.25, 0.3) is 0 Å². The molecular weight excluding hydrogens is 482 g/mol. The Hall–Kier alpha value is -2.98. The number of sulfonamides is 1. The lowest BCUT2D eigenvalue weighted by atomic mass is 10.2. The molecular formula is C20H15BrF2N2O4S. The van der Waals surface area contributed by atoms with Crippen LogP contribution >= 0.6 is 15.9 Å². The summed E-state index contributed by atoms with van der Waals surface area (Å²) in [7, 11) is -2.77. The summed E-state index contributed by atoms with van der Waals surface area (Å²) >= 11 is 3.27. The zero-order chi connectivity index (χ0) is 21.9. The molecule has 0 fully saturated rings. The van der Waals surface area contributed by atoms with E-state index in [0.717, 1.165) is 16.6 Å². The number of amides is 1. The molecule has 3 aromatic carbocycles. The van der Waals surface area contributed by atoms with E-state index in [4.69, 9.17) is 4.74 Å². The van der Waals surface area contributed by atoms with Crippen molar-refractivity contribution in [2.24, 2.45) is 0 Å². The van der Waals surface area contributed by atoms with Crippen molar-refractivity contribution in [1.82, 2.24) is 0 Å². The fourth-order valence-electron chi connectivity index (χ4n) is 2.56. The summed E-state index contributed by atoms with van der Waals surface area (Å²) in [6.45, 7) is 0. The average molecular weight is 497 g/mol. The molecule has 0 spiro atoms. The average Bonchev–Trinajstić information content (AvgIpc) is 2.69. The largest absolute Gasteiger partial charge is 0.495 e. The number of carbonyl (C=O) groups excluding carboxylic acids is 1. The van der Waals surface area contributed by atoms with Crippen LogP contribution in [0.1, 0.15) is 10.4 Å². The first kappa shape index (κ1) is 21.7. The van der Waals surface area contributed by atoms with Crippen LogP contribution in [0.15, 0.2) is 70.0 Å². The molecule has 0 saturated carbocycles. The first-order chi connectivity index (χ1) is 14.2. The van der Waals surface area contributed by atoms with E-state index in [2.05, 4.69) is 26.0 Å². The molecule has 6 nitrogen and oxygen atoms in total. The summed E-state index contributed by atoms with van der Waals surface area (Å²) in [5, 5.41) is 2.40. The number of carbonyl (C=O) groups is 1. The Morgan fingerprint density at radius 1 is 0.967 bits per heavy atom. The summed E-state index contributed by atoms with van der Waals surface area (Å²) < 4.78 is 60.9. The predicted molar refractivity (Wildman–Crippen MR) is 112 cm³/mol. The third-order valence-electron chi connectivity index (χ3n) is 3.98. The highest BCUT2D eigenvalue weighted by molar-refractivity contribution is 9.10. The molecule has 0 atom stereocenters. The SMILES string of the molecule is COc1ccc(NC(=O)c2ccc(F)cc2F)cc1S(=O)(=O)Nc1ccc(Br)cc1. The standard InChI is InChI=1S/C20H15BrF2N2O4S/c1-29-18-9-7-15(24-20(26)16-8-4-13(22)10-17(16)23)11-19(18)30(27,28)25-14-5-2-12(21)3-6-14/h2-11,25H,1H3,(H,24,26). The van der Waals surface area contributed by atoms with Gasteiger partial charge in [-0.1, -0.05) is 15.9 Å². The summed E-state index contributed by atoms with van der Waals surface area (Å²) in [5.74, 6) is -2.67. The topological polar surface area (TPSA) is 84.5 Å². The molecule has 156 valence electrons. The van der Waals surface area contributed by atoms with E-state index >= 15 is 0 Å². The summed E-state index contributed by atoms with van der Waals surface area (Å²) in [6, 6.07) is 12.9. The van der Waals surface area contributed by atoms with Crippen LogP contribution in [0.4, 0.5) is 20.2 Å². The zero-order valence-corrected chi connectivity index (χ0v) is 17.9. The van der Waals surface area contributed by atoms with Gasteiger partial charge in [0.1, 0.15) is 22.3 Å². The van der Waals surface area contributed by atoms with E-state index < -0.39 is 27.6 Å². The van der Waals surface area contributed by atoms with Gasteiger partial charge in [-0.15, -0.1) is 0 Å². The van der Waals surface area contributed by atoms with Crippen molar-refractivity contribution in [1.29, 1.82) is 0 Å². The van der Waals surface area contributed by atoms with Crippen LogP contribution in [0.2, 0.25) is 0 Å². The second-order valence-corrected chi connectivity index (χ2v) is 8.62. The molecule has 0 aliphatic rings. The van der Waals surface area contributed by atoms with Gasteiger partial charge in [-0.05, 0) is 54.6 Å². The van der Waals surface area contributed by atoms with Gasteiger partial charge in [-0.25, -0.2) is 17.2 Å². The van der Waals surface area contributed by atoms with Crippen LogP contribution in [0.3, 0.4) is 0 Å². The van der Waals surface area contributed by atoms with Gasteiger partial charge in [-0.3, -0.25) is 9.52 Å². The monoisotopic (exact) mass is 496 g/mol. The fourth-order valence-corrected chi connectivity index (χ4v) is 4.08. The molecule has 1 amide bonds. The van der Waals surface area contributed by atoms with Gasteiger partial charge in [0.2, 0.25) is 0 Å². The predicted octanol–water partition coefficient (Wildman–Crippen LogP) is 4.79. The van der Waals surface area contributed by atoms with Gasteiger partial charge in [0, 0.05) is 21.9 Å². The second kappa shape index (κ2) is 8.80. The number of anilines is 2. The highest BCUT2D eigenvalue weighted by Crippen LogP contribution is 2.29. The normalized spacial score (nSPS) is 11.1. The molecule has 0 aliphatic heterocycles. The Bertz CT molecular complexity index is 1200. The maximum atomic E-state index is 13.8. The van der Waals surface area contributed by atoms with E-state index in [1.807, 2.05) is 0 Å². The number of halogens is 3. The minimum absolute atomic E-state index is 0.0468. The molecule has 0 saturated heterocycles. The van der Waals surface area contributed by atoms with Crippen LogP contribution in [0.5, 0.6) is 5.75 Å². The van der Waals surface area contributed by atoms with Crippen LogP contribution in [-0.4, -0.2) is 21.4 Å². The van der Waals surface area contributed by atoms with Gasteiger partial charge in [0.25, 0.3) is 15.9 Å². The van der Waals surface area contributed by atoms with Crippen molar-refractivity contribution in [3.63, 3.8) is 0 Å². The van der Waals surface area contributed by atoms with E-state index in [9.17, 15) is 22.0 Å². The van der Waals surface area contributed by atoms with Crippen molar-refractivity contribution >= 4 is 43.2 Å². The molecule has 3 rings (SSSR count). The zero-order valence-electron chi connectivity index (χ0n) is 15.4. The number of benzene rings is 3. The van der Waals surface area contributed by atoms with E-state index in [1.54, 1.807) is 24.3 Å². The molecule has 0 bridgehead atoms. The van der Waals surface area contributed by atoms with Gasteiger partial charge in [-0.2, -0.15) is 0 Å². The number of hydrogen-bond acceptors (Lipinski definition) is 4. The third kappa shape index (κ3) is 4.95. The molecule has 0 radical (unpaired) electrons. The Balaban J connectivity index is 1.91. The van der Waals surface area contributed by atoms with E-state index in [0.29, 0.717) is 11.8 Å². The second-order valence-electron chi connectivity index (χ2n) is 6.06. The summed E-state index contributed by atoms with van der Waals surface area (Å²) in [4.78, 5) is 12.1. The minimum Gasteiger partial charge on any atom is -0.495 e. The third-order valence-corrected chi connectivity index (χ3v) is 5.91. The van der Waals surface area contributed by atoms with Crippen molar-refractivity contribution < 1.29 is 26.7 Å². The lowest BCUT2D eigenvalue weighted by Crippen LogP contribution is -2.17. The van der Waals surface area contributed by atoms with Crippen LogP contribution in [0, 0.1) is 11.6 Å². The number of nitrogens with one attached hydrogen (secondary N) is 2. The molecule has 30 heavy (non-hydrogen) atoms. The molecule has 0 heterocycles. The van der Waals surface area contributed by atoms with Crippen molar-refractivity contribution in [2.75, 3.05) is 17.1 Å². The lowest BCUT2D eigenvalue weighted by molar-refractivity contribution is 0.102. The fraction of sp³-hybridized carbons (Fsp3) is 0.0500. The molecule has 0 unspecified atom stereocenters. The first-order valence-corrected chi connectivity index (χ1v) is 10.7. The molecule has 3 aromatic rings. The maximum Gasteiger partial charge on any atom is 0.265 e. The first-order valence-electron chi connectivity index (χ1n) is 8.42. The smallest absolute Gasteiger partial charge is 0.265 e.